The van der Waals surface area contributed by atoms with Gasteiger partial charge in [-0.3, -0.25) is 9.69 Å². The van der Waals surface area contributed by atoms with E-state index >= 15 is 0 Å². The summed E-state index contributed by atoms with van der Waals surface area (Å²) >= 11 is 6.15. The highest BCUT2D eigenvalue weighted by Gasteiger charge is 2.30. The van der Waals surface area contributed by atoms with Crippen molar-refractivity contribution >= 4 is 23.2 Å². The van der Waals surface area contributed by atoms with Crippen LogP contribution >= 0.6 is 11.6 Å². The maximum atomic E-state index is 12.4. The maximum Gasteiger partial charge on any atom is 0.238 e. The fraction of sp³-hybridized carbons (Fsp3) is 0.611. The highest BCUT2D eigenvalue weighted by Crippen LogP contribution is 2.36. The predicted octanol–water partition coefficient (Wildman–Crippen LogP) is 2.38. The molecule has 0 bridgehead atoms. The van der Waals surface area contributed by atoms with E-state index in [4.69, 9.17) is 30.5 Å². The van der Waals surface area contributed by atoms with Gasteiger partial charge in [-0.05, 0) is 32.0 Å². The lowest BCUT2D eigenvalue weighted by molar-refractivity contribution is -0.119. The second-order valence-electron chi connectivity index (χ2n) is 6.46. The minimum atomic E-state index is -0.101. The number of amides is 1. The third-order valence-electron chi connectivity index (χ3n) is 4.78. The van der Waals surface area contributed by atoms with Gasteiger partial charge in [0.15, 0.2) is 6.29 Å². The Balaban J connectivity index is 1.52. The molecule has 2 aliphatic rings. The van der Waals surface area contributed by atoms with Crippen LogP contribution in [0.15, 0.2) is 12.1 Å². The van der Waals surface area contributed by atoms with Gasteiger partial charge in [-0.15, -0.1) is 0 Å². The Kier molecular flexibility index (Phi) is 6.58. The van der Waals surface area contributed by atoms with Crippen molar-refractivity contribution in [3.63, 3.8) is 0 Å². The molecule has 0 spiro atoms. The number of hydrogen-bond acceptors (Lipinski definition) is 6. The van der Waals surface area contributed by atoms with Crippen molar-refractivity contribution in [1.29, 1.82) is 0 Å². The summed E-state index contributed by atoms with van der Waals surface area (Å²) < 4.78 is 21.7. The average Bonchev–Trinajstić information content (AvgIpc) is 3.17. The van der Waals surface area contributed by atoms with Crippen LogP contribution in [0, 0.1) is 5.92 Å². The fourth-order valence-electron chi connectivity index (χ4n) is 3.38. The van der Waals surface area contributed by atoms with Crippen molar-refractivity contribution in [2.75, 3.05) is 52.4 Å². The highest BCUT2D eigenvalue weighted by molar-refractivity contribution is 6.32. The number of ether oxygens (including phenoxy) is 4. The number of piperidine rings is 1. The van der Waals surface area contributed by atoms with Gasteiger partial charge in [0.2, 0.25) is 5.91 Å². The van der Waals surface area contributed by atoms with Crippen LogP contribution in [0.5, 0.6) is 11.5 Å². The number of carbonyl (C=O) groups excluding carboxylic acids is 1. The summed E-state index contributed by atoms with van der Waals surface area (Å²) in [6.07, 6.45) is 1.86. The molecule has 2 aliphatic heterocycles. The molecule has 0 saturated carbocycles. The molecular weight excluding hydrogens is 360 g/mol. The first-order valence-corrected chi connectivity index (χ1v) is 9.15. The molecule has 1 aromatic rings. The summed E-state index contributed by atoms with van der Waals surface area (Å²) in [6, 6.07) is 3.29. The quantitative estimate of drug-likeness (QED) is 0.812. The van der Waals surface area contributed by atoms with E-state index in [1.165, 1.54) is 14.2 Å². The number of hydrogen-bond donors (Lipinski definition) is 1. The molecule has 3 rings (SSSR count). The van der Waals surface area contributed by atoms with E-state index in [0.717, 1.165) is 25.9 Å². The first-order valence-electron chi connectivity index (χ1n) is 8.77. The standard InChI is InChI=1S/C18H25ClN2O5/c1-23-15-10-16(24-2)14(9-13(15)19)20-17(22)11-21-5-3-12(4-6-21)18-25-7-8-26-18/h9-10,12,18H,3-8,11H2,1-2H3,(H,20,22). The molecule has 1 amide bonds. The fourth-order valence-corrected chi connectivity index (χ4v) is 3.62. The van der Waals surface area contributed by atoms with Crippen LogP contribution in [0.1, 0.15) is 12.8 Å². The average molecular weight is 385 g/mol. The van der Waals surface area contributed by atoms with Gasteiger partial charge >= 0.3 is 0 Å². The van der Waals surface area contributed by atoms with Gasteiger partial charge in [0.1, 0.15) is 11.5 Å². The van der Waals surface area contributed by atoms with Gasteiger partial charge in [-0.1, -0.05) is 11.6 Å². The lowest BCUT2D eigenvalue weighted by atomic mass is 9.96. The van der Waals surface area contributed by atoms with E-state index in [1.807, 2.05) is 0 Å². The van der Waals surface area contributed by atoms with Gasteiger partial charge in [0.25, 0.3) is 0 Å². The zero-order valence-electron chi connectivity index (χ0n) is 15.1. The zero-order valence-corrected chi connectivity index (χ0v) is 15.9. The molecule has 2 heterocycles. The van der Waals surface area contributed by atoms with Crippen LogP contribution in [0.2, 0.25) is 5.02 Å². The molecule has 0 aliphatic carbocycles. The molecule has 0 unspecified atom stereocenters. The topological polar surface area (TPSA) is 69.3 Å². The van der Waals surface area contributed by atoms with Crippen molar-refractivity contribution in [3.8, 4) is 11.5 Å². The summed E-state index contributed by atoms with van der Waals surface area (Å²) in [5.74, 6) is 1.32. The number of halogens is 1. The van der Waals surface area contributed by atoms with Crippen molar-refractivity contribution in [3.05, 3.63) is 17.2 Å². The molecular formula is C18H25ClN2O5. The summed E-state index contributed by atoms with van der Waals surface area (Å²) in [4.78, 5) is 14.6. The smallest absolute Gasteiger partial charge is 0.238 e. The SMILES string of the molecule is COc1cc(OC)c(NC(=O)CN2CCC(C3OCCO3)CC2)cc1Cl. The van der Waals surface area contributed by atoms with Crippen LogP contribution in [0.3, 0.4) is 0 Å². The van der Waals surface area contributed by atoms with E-state index in [0.29, 0.717) is 47.9 Å². The number of likely N-dealkylation sites (tertiary alicyclic amines) is 1. The van der Waals surface area contributed by atoms with Gasteiger partial charge in [0.05, 0.1) is 44.7 Å². The Morgan fingerprint density at radius 1 is 1.19 bits per heavy atom. The summed E-state index contributed by atoms with van der Waals surface area (Å²) in [5, 5.41) is 3.29. The third kappa shape index (κ3) is 4.59. The van der Waals surface area contributed by atoms with Crippen molar-refractivity contribution in [2.24, 2.45) is 5.92 Å². The molecule has 0 aromatic heterocycles. The van der Waals surface area contributed by atoms with E-state index in [1.54, 1.807) is 12.1 Å². The Bertz CT molecular complexity index is 628. The summed E-state index contributed by atoms with van der Waals surface area (Å²) in [7, 11) is 3.07. The van der Waals surface area contributed by atoms with Gasteiger partial charge in [-0.25, -0.2) is 0 Å². The molecule has 26 heavy (non-hydrogen) atoms. The van der Waals surface area contributed by atoms with Crippen molar-refractivity contribution < 1.29 is 23.7 Å². The Morgan fingerprint density at radius 3 is 2.46 bits per heavy atom. The van der Waals surface area contributed by atoms with Crippen LogP contribution in [0.4, 0.5) is 5.69 Å². The van der Waals surface area contributed by atoms with Gasteiger partial charge < -0.3 is 24.3 Å². The molecule has 7 nitrogen and oxygen atoms in total. The van der Waals surface area contributed by atoms with E-state index in [-0.39, 0.29) is 12.2 Å². The maximum absolute atomic E-state index is 12.4. The number of nitrogens with one attached hydrogen (secondary N) is 1. The first-order chi connectivity index (χ1) is 12.6. The third-order valence-corrected chi connectivity index (χ3v) is 5.08. The van der Waals surface area contributed by atoms with Crippen LogP contribution in [0.25, 0.3) is 0 Å². The largest absolute Gasteiger partial charge is 0.495 e. The lowest BCUT2D eigenvalue weighted by Crippen LogP contribution is -2.41. The second-order valence-corrected chi connectivity index (χ2v) is 6.87. The zero-order chi connectivity index (χ0) is 18.5. The van der Waals surface area contributed by atoms with Gasteiger partial charge in [-0.2, -0.15) is 0 Å². The van der Waals surface area contributed by atoms with Crippen LogP contribution < -0.4 is 14.8 Å². The number of rotatable bonds is 6. The lowest BCUT2D eigenvalue weighted by Gasteiger charge is -2.33. The second kappa shape index (κ2) is 8.90. The highest BCUT2D eigenvalue weighted by atomic mass is 35.5. The molecule has 0 radical (unpaired) electrons. The number of benzene rings is 1. The molecule has 2 fully saturated rings. The Morgan fingerprint density at radius 2 is 1.85 bits per heavy atom. The molecule has 2 saturated heterocycles. The number of carbonyl (C=O) groups is 1. The monoisotopic (exact) mass is 384 g/mol. The first kappa shape index (κ1) is 19.2. The minimum Gasteiger partial charge on any atom is -0.495 e. The van der Waals surface area contributed by atoms with Crippen molar-refractivity contribution in [1.82, 2.24) is 4.90 Å². The number of nitrogens with zero attached hydrogens (tertiary/aromatic N) is 1. The van der Waals surface area contributed by atoms with E-state index < -0.39 is 0 Å². The molecule has 144 valence electrons. The molecule has 0 atom stereocenters. The molecule has 1 N–H and O–H groups in total. The minimum absolute atomic E-state index is 0.0725. The van der Waals surface area contributed by atoms with Crippen LogP contribution in [-0.4, -0.2) is 64.2 Å². The van der Waals surface area contributed by atoms with Crippen LogP contribution in [-0.2, 0) is 14.3 Å². The molecule has 1 aromatic carbocycles. The summed E-state index contributed by atoms with van der Waals surface area (Å²) in [5.41, 5.74) is 0.533. The Hall–Kier alpha value is -1.54. The predicted molar refractivity (Wildman–Crippen MR) is 98.0 cm³/mol. The molecule has 8 heteroatoms. The van der Waals surface area contributed by atoms with Gasteiger partial charge in [0, 0.05) is 12.0 Å². The number of anilines is 1. The van der Waals surface area contributed by atoms with E-state index in [9.17, 15) is 4.79 Å². The normalized spacial score (nSPS) is 19.5. The Labute approximate surface area is 158 Å². The summed E-state index contributed by atoms with van der Waals surface area (Å²) in [6.45, 7) is 3.38. The van der Waals surface area contributed by atoms with Crippen molar-refractivity contribution in [2.45, 2.75) is 19.1 Å². The number of methoxy groups -OCH3 is 2. The van der Waals surface area contributed by atoms with E-state index in [2.05, 4.69) is 10.2 Å².